The van der Waals surface area contributed by atoms with E-state index < -0.39 is 44.9 Å². The molecule has 4 rings (SSSR count). The first kappa shape index (κ1) is 32.8. The van der Waals surface area contributed by atoms with Crippen molar-refractivity contribution in [3.63, 3.8) is 0 Å². The molecule has 12 heteroatoms. The van der Waals surface area contributed by atoms with Gasteiger partial charge in [0, 0.05) is 31.6 Å². The molecule has 0 radical (unpaired) electrons. The first-order chi connectivity index (χ1) is 20.9. The third kappa shape index (κ3) is 8.29. The number of nitrogens with zero attached hydrogens (tertiary/aromatic N) is 2. The van der Waals surface area contributed by atoms with Gasteiger partial charge in [-0.3, -0.25) is 15.0 Å². The highest BCUT2D eigenvalue weighted by Crippen LogP contribution is 2.42. The van der Waals surface area contributed by atoms with E-state index in [4.69, 9.17) is 16.3 Å². The SMILES string of the molecule is O=[N+]([O-])c1cccc(OCCCN(Cc2cccc(C(F)(F)F)c2Cl)CC(c2ccccc2)c2ccccc2)c1C(F)(F)F. The van der Waals surface area contributed by atoms with E-state index in [0.29, 0.717) is 6.54 Å². The van der Waals surface area contributed by atoms with Crippen LogP contribution in [0.5, 0.6) is 5.75 Å². The molecule has 232 valence electrons. The second-order valence-corrected chi connectivity index (χ2v) is 10.4. The number of halogens is 7. The van der Waals surface area contributed by atoms with Crippen molar-refractivity contribution < 1.29 is 36.0 Å². The fraction of sp³-hybridized carbons (Fsp3) is 0.250. The standard InChI is InChI=1S/C32H27ClF6N2O3/c33-30-24(14-7-15-26(30)31(34,35)36)20-40(21-25(22-10-3-1-4-11-22)23-12-5-2-6-13-23)18-9-19-44-28-17-8-16-27(41(42)43)29(28)32(37,38)39/h1-8,10-17,25H,9,18-21H2. The molecule has 0 amide bonds. The Morgan fingerprint density at radius 2 is 1.39 bits per heavy atom. The Kier molecular flexibility index (Phi) is 10.5. The van der Waals surface area contributed by atoms with Crippen LogP contribution < -0.4 is 4.74 Å². The molecular formula is C32H27ClF6N2O3. The molecule has 0 aliphatic carbocycles. The molecule has 5 nitrogen and oxygen atoms in total. The Morgan fingerprint density at radius 3 is 1.93 bits per heavy atom. The lowest BCUT2D eigenvalue weighted by Gasteiger charge is -2.29. The van der Waals surface area contributed by atoms with E-state index in [0.717, 1.165) is 35.4 Å². The molecule has 0 aromatic heterocycles. The van der Waals surface area contributed by atoms with Crippen molar-refractivity contribution in [3.8, 4) is 5.75 Å². The number of benzene rings is 4. The summed E-state index contributed by atoms with van der Waals surface area (Å²) < 4.78 is 87.2. The highest BCUT2D eigenvalue weighted by Gasteiger charge is 2.42. The molecule has 4 aromatic carbocycles. The van der Waals surface area contributed by atoms with Crippen LogP contribution in [0.3, 0.4) is 0 Å². The zero-order valence-corrected chi connectivity index (χ0v) is 23.9. The average molecular weight is 637 g/mol. The maximum absolute atomic E-state index is 13.7. The number of hydrogen-bond donors (Lipinski definition) is 0. The van der Waals surface area contributed by atoms with Gasteiger partial charge in [-0.05, 0) is 35.2 Å². The maximum Gasteiger partial charge on any atom is 0.426 e. The molecule has 0 spiro atoms. The van der Waals surface area contributed by atoms with Crippen molar-refractivity contribution in [3.05, 3.63) is 140 Å². The summed E-state index contributed by atoms with van der Waals surface area (Å²) in [6.07, 6.45) is -9.52. The minimum absolute atomic E-state index is 0.0174. The van der Waals surface area contributed by atoms with Gasteiger partial charge < -0.3 is 4.74 Å². The molecule has 0 bridgehead atoms. The topological polar surface area (TPSA) is 55.6 Å². The lowest BCUT2D eigenvalue weighted by atomic mass is 9.90. The van der Waals surface area contributed by atoms with E-state index in [9.17, 15) is 36.5 Å². The van der Waals surface area contributed by atoms with Crippen LogP contribution in [0.1, 0.15) is 40.2 Å². The van der Waals surface area contributed by atoms with E-state index >= 15 is 0 Å². The molecule has 0 unspecified atom stereocenters. The molecule has 0 heterocycles. The van der Waals surface area contributed by atoms with Crippen LogP contribution >= 0.6 is 11.6 Å². The molecule has 44 heavy (non-hydrogen) atoms. The fourth-order valence-corrected chi connectivity index (χ4v) is 5.27. The summed E-state index contributed by atoms with van der Waals surface area (Å²) in [4.78, 5) is 12.0. The van der Waals surface area contributed by atoms with Crippen LogP contribution in [0.4, 0.5) is 32.0 Å². The second-order valence-electron chi connectivity index (χ2n) is 9.99. The molecule has 0 saturated heterocycles. The van der Waals surface area contributed by atoms with E-state index in [1.54, 1.807) is 0 Å². The van der Waals surface area contributed by atoms with E-state index in [-0.39, 0.29) is 37.6 Å². The van der Waals surface area contributed by atoms with Crippen molar-refractivity contribution in [1.29, 1.82) is 0 Å². The zero-order chi connectivity index (χ0) is 31.9. The number of nitro groups is 1. The molecule has 0 fully saturated rings. The highest BCUT2D eigenvalue weighted by molar-refractivity contribution is 6.32. The predicted molar refractivity (Wildman–Crippen MR) is 155 cm³/mol. The fourth-order valence-electron chi connectivity index (χ4n) is 4.98. The summed E-state index contributed by atoms with van der Waals surface area (Å²) in [7, 11) is 0. The van der Waals surface area contributed by atoms with Gasteiger partial charge in [-0.25, -0.2) is 0 Å². The third-order valence-corrected chi connectivity index (χ3v) is 7.43. The van der Waals surface area contributed by atoms with Gasteiger partial charge in [-0.15, -0.1) is 0 Å². The van der Waals surface area contributed by atoms with Crippen LogP contribution in [0.15, 0.2) is 97.1 Å². The Bertz CT molecular complexity index is 1510. The summed E-state index contributed by atoms with van der Waals surface area (Å²) in [6, 6.07) is 25.6. The number of ether oxygens (including phenoxy) is 1. The summed E-state index contributed by atoms with van der Waals surface area (Å²) >= 11 is 6.22. The second kappa shape index (κ2) is 14.1. The molecule has 0 N–H and O–H groups in total. The minimum atomic E-state index is -5.02. The van der Waals surface area contributed by atoms with Crippen molar-refractivity contribution >= 4 is 17.3 Å². The summed E-state index contributed by atoms with van der Waals surface area (Å²) in [5.74, 6) is -0.873. The van der Waals surface area contributed by atoms with Crippen molar-refractivity contribution in [2.75, 3.05) is 19.7 Å². The maximum atomic E-state index is 13.7. The van der Waals surface area contributed by atoms with Crippen molar-refractivity contribution in [2.24, 2.45) is 0 Å². The third-order valence-electron chi connectivity index (χ3n) is 6.98. The first-order valence-electron chi connectivity index (χ1n) is 13.5. The summed E-state index contributed by atoms with van der Waals surface area (Å²) in [5.41, 5.74) is -1.41. The molecular weight excluding hydrogens is 610 g/mol. The Hall–Kier alpha value is -4.09. The first-order valence-corrected chi connectivity index (χ1v) is 13.9. The largest absolute Gasteiger partial charge is 0.493 e. The van der Waals surface area contributed by atoms with Gasteiger partial charge >= 0.3 is 12.4 Å². The van der Waals surface area contributed by atoms with Crippen molar-refractivity contribution in [2.45, 2.75) is 31.2 Å². The summed E-state index contributed by atoms with van der Waals surface area (Å²) in [6.45, 7) is 0.326. The van der Waals surface area contributed by atoms with E-state index in [2.05, 4.69) is 0 Å². The average Bonchev–Trinajstić information content (AvgIpc) is 2.98. The Morgan fingerprint density at radius 1 is 0.795 bits per heavy atom. The number of alkyl halides is 6. The summed E-state index contributed by atoms with van der Waals surface area (Å²) in [5, 5.41) is 10.8. The minimum Gasteiger partial charge on any atom is -0.493 e. The van der Waals surface area contributed by atoms with Crippen LogP contribution in [0.2, 0.25) is 5.02 Å². The number of hydrogen-bond acceptors (Lipinski definition) is 4. The Labute approximate surface area is 254 Å². The lowest BCUT2D eigenvalue weighted by Crippen LogP contribution is -2.31. The monoisotopic (exact) mass is 636 g/mol. The quantitative estimate of drug-likeness (QED) is 0.0673. The van der Waals surface area contributed by atoms with Gasteiger partial charge in [0.2, 0.25) is 0 Å². The van der Waals surface area contributed by atoms with Gasteiger partial charge in [0.1, 0.15) is 5.75 Å². The van der Waals surface area contributed by atoms with Crippen LogP contribution in [0, 0.1) is 10.1 Å². The van der Waals surface area contributed by atoms with Gasteiger partial charge in [0.15, 0.2) is 5.56 Å². The van der Waals surface area contributed by atoms with E-state index in [1.807, 2.05) is 65.6 Å². The van der Waals surface area contributed by atoms with Crippen LogP contribution in [-0.2, 0) is 18.9 Å². The molecule has 4 aromatic rings. The smallest absolute Gasteiger partial charge is 0.426 e. The molecule has 0 atom stereocenters. The normalized spacial score (nSPS) is 12.1. The predicted octanol–water partition coefficient (Wildman–Crippen LogP) is 9.39. The number of rotatable bonds is 12. The molecule has 0 aliphatic rings. The Balaban J connectivity index is 1.60. The van der Waals surface area contributed by atoms with Crippen LogP contribution in [0.25, 0.3) is 0 Å². The highest BCUT2D eigenvalue weighted by atomic mass is 35.5. The van der Waals surface area contributed by atoms with Crippen molar-refractivity contribution in [1.82, 2.24) is 4.90 Å². The van der Waals surface area contributed by atoms with Gasteiger partial charge in [0.05, 0.1) is 22.1 Å². The lowest BCUT2D eigenvalue weighted by molar-refractivity contribution is -0.388. The zero-order valence-electron chi connectivity index (χ0n) is 23.1. The van der Waals surface area contributed by atoms with E-state index in [1.165, 1.54) is 12.1 Å². The molecule has 0 aliphatic heterocycles. The van der Waals surface area contributed by atoms with Gasteiger partial charge in [0.25, 0.3) is 5.69 Å². The number of nitro benzene ring substituents is 1. The van der Waals surface area contributed by atoms with Gasteiger partial charge in [-0.2, -0.15) is 26.3 Å². The van der Waals surface area contributed by atoms with Crippen LogP contribution in [-0.4, -0.2) is 29.5 Å². The van der Waals surface area contributed by atoms with Gasteiger partial charge in [-0.1, -0.05) is 90.5 Å². The molecule has 0 saturated carbocycles.